The highest BCUT2D eigenvalue weighted by atomic mass is 79.9. The summed E-state index contributed by atoms with van der Waals surface area (Å²) in [5, 5.41) is 3.24. The van der Waals surface area contributed by atoms with Crippen LogP contribution in [0.25, 0.3) is 0 Å². The molecule has 2 aromatic carbocycles. The monoisotopic (exact) mass is 369 g/mol. The Labute approximate surface area is 143 Å². The van der Waals surface area contributed by atoms with E-state index in [0.717, 1.165) is 15.8 Å². The predicted molar refractivity (Wildman–Crippen MR) is 98.4 cm³/mol. The predicted octanol–water partition coefficient (Wildman–Crippen LogP) is 4.33. The van der Waals surface area contributed by atoms with Crippen molar-refractivity contribution in [2.24, 2.45) is 0 Å². The fraction of sp³-hybridized carbons (Fsp3) is 0.0588. The van der Waals surface area contributed by atoms with E-state index in [1.54, 1.807) is 0 Å². The van der Waals surface area contributed by atoms with Crippen molar-refractivity contribution in [3.05, 3.63) is 65.4 Å². The number of halogens is 1. The first kappa shape index (κ1) is 15.3. The van der Waals surface area contributed by atoms with Gasteiger partial charge in [0.15, 0.2) is 11.6 Å². The number of hydrogen-bond acceptors (Lipinski definition) is 5. The lowest BCUT2D eigenvalue weighted by atomic mass is 10.3. The molecule has 5 nitrogen and oxygen atoms in total. The van der Waals surface area contributed by atoms with Crippen LogP contribution in [0.4, 0.5) is 28.7 Å². The van der Waals surface area contributed by atoms with Crippen molar-refractivity contribution >= 4 is 44.6 Å². The lowest BCUT2D eigenvalue weighted by molar-refractivity contribution is 1.09. The molecule has 0 bridgehead atoms. The van der Waals surface area contributed by atoms with Gasteiger partial charge in [0, 0.05) is 17.2 Å². The van der Waals surface area contributed by atoms with Gasteiger partial charge >= 0.3 is 0 Å². The molecule has 3 rings (SSSR count). The van der Waals surface area contributed by atoms with E-state index in [-0.39, 0.29) is 0 Å². The van der Waals surface area contributed by atoms with E-state index >= 15 is 0 Å². The summed E-state index contributed by atoms with van der Waals surface area (Å²) in [4.78, 5) is 10.5. The molecule has 1 aromatic heterocycles. The SMILES string of the molecule is CN(c1ccccc1)c1ncnc(Nc2ccccc2Br)c1N. The fourth-order valence-corrected chi connectivity index (χ4v) is 2.60. The number of hydrogen-bond donors (Lipinski definition) is 2. The Morgan fingerprint density at radius 3 is 2.43 bits per heavy atom. The number of nitrogens with one attached hydrogen (secondary N) is 1. The zero-order valence-corrected chi connectivity index (χ0v) is 14.2. The average Bonchev–Trinajstić information content (AvgIpc) is 2.59. The largest absolute Gasteiger partial charge is 0.393 e. The van der Waals surface area contributed by atoms with Crippen molar-refractivity contribution in [2.45, 2.75) is 0 Å². The van der Waals surface area contributed by atoms with Crippen LogP contribution in [0.1, 0.15) is 0 Å². The van der Waals surface area contributed by atoms with E-state index in [9.17, 15) is 0 Å². The molecule has 0 saturated carbocycles. The molecule has 0 amide bonds. The lowest BCUT2D eigenvalue weighted by Crippen LogP contribution is -2.15. The number of aromatic nitrogens is 2. The Kier molecular flexibility index (Phi) is 4.43. The van der Waals surface area contributed by atoms with Crippen LogP contribution in [0, 0.1) is 0 Å². The second-order valence-electron chi connectivity index (χ2n) is 4.96. The maximum atomic E-state index is 6.28. The topological polar surface area (TPSA) is 67.1 Å². The third-order valence-electron chi connectivity index (χ3n) is 3.45. The fourth-order valence-electron chi connectivity index (χ4n) is 2.22. The zero-order chi connectivity index (χ0) is 16.2. The van der Waals surface area contributed by atoms with E-state index in [4.69, 9.17) is 5.73 Å². The number of nitrogens with two attached hydrogens (primary N) is 1. The standard InChI is InChI=1S/C17H16BrN5/c1-23(12-7-3-2-4-8-12)17-15(19)16(20-11-21-17)22-14-10-6-5-9-13(14)18/h2-11H,19H2,1H3,(H,20,21,22). The van der Waals surface area contributed by atoms with Crippen molar-refractivity contribution in [2.75, 3.05) is 23.0 Å². The van der Waals surface area contributed by atoms with Crippen molar-refractivity contribution in [3.63, 3.8) is 0 Å². The number of rotatable bonds is 4. The number of anilines is 5. The normalized spacial score (nSPS) is 10.3. The summed E-state index contributed by atoms with van der Waals surface area (Å²) in [6, 6.07) is 17.7. The van der Waals surface area contributed by atoms with Gasteiger partial charge in [-0.25, -0.2) is 9.97 Å². The Morgan fingerprint density at radius 1 is 1.00 bits per heavy atom. The van der Waals surface area contributed by atoms with E-state index < -0.39 is 0 Å². The number of benzene rings is 2. The van der Waals surface area contributed by atoms with Crippen LogP contribution in [0.5, 0.6) is 0 Å². The first-order valence-electron chi connectivity index (χ1n) is 7.07. The van der Waals surface area contributed by atoms with E-state index in [1.807, 2.05) is 66.5 Å². The van der Waals surface area contributed by atoms with Crippen LogP contribution < -0.4 is 16.0 Å². The van der Waals surface area contributed by atoms with Crippen LogP contribution in [0.3, 0.4) is 0 Å². The van der Waals surface area contributed by atoms with Gasteiger partial charge < -0.3 is 16.0 Å². The van der Waals surface area contributed by atoms with Crippen molar-refractivity contribution in [3.8, 4) is 0 Å². The minimum Gasteiger partial charge on any atom is -0.393 e. The van der Waals surface area contributed by atoms with Gasteiger partial charge in [0.2, 0.25) is 0 Å². The van der Waals surface area contributed by atoms with E-state index in [1.165, 1.54) is 6.33 Å². The molecular weight excluding hydrogens is 354 g/mol. The smallest absolute Gasteiger partial charge is 0.161 e. The zero-order valence-electron chi connectivity index (χ0n) is 12.6. The first-order chi connectivity index (χ1) is 11.2. The Bertz CT molecular complexity index is 807. The van der Waals surface area contributed by atoms with Crippen LogP contribution in [0.15, 0.2) is 65.4 Å². The summed E-state index contributed by atoms with van der Waals surface area (Å²) in [5.41, 5.74) is 8.67. The molecule has 0 aliphatic heterocycles. The van der Waals surface area contributed by atoms with E-state index in [2.05, 4.69) is 31.2 Å². The van der Waals surface area contributed by atoms with Crippen molar-refractivity contribution in [1.29, 1.82) is 0 Å². The second kappa shape index (κ2) is 6.66. The maximum Gasteiger partial charge on any atom is 0.161 e. The minimum absolute atomic E-state index is 0.495. The molecule has 0 atom stereocenters. The molecule has 3 N–H and O–H groups in total. The Morgan fingerprint density at radius 2 is 1.70 bits per heavy atom. The third-order valence-corrected chi connectivity index (χ3v) is 4.14. The quantitative estimate of drug-likeness (QED) is 0.716. The second-order valence-corrected chi connectivity index (χ2v) is 5.81. The molecular formula is C17H16BrN5. The third kappa shape index (κ3) is 3.27. The van der Waals surface area contributed by atoms with Gasteiger partial charge in [-0.2, -0.15) is 0 Å². The molecule has 0 aliphatic rings. The molecule has 0 radical (unpaired) electrons. The van der Waals surface area contributed by atoms with Crippen LogP contribution in [-0.2, 0) is 0 Å². The molecule has 0 fully saturated rings. The summed E-state index contributed by atoms with van der Waals surface area (Å²) in [7, 11) is 1.93. The summed E-state index contributed by atoms with van der Waals surface area (Å²) in [6.45, 7) is 0. The molecule has 0 saturated heterocycles. The lowest BCUT2D eigenvalue weighted by Gasteiger charge is -2.21. The number of nitrogen functional groups attached to an aromatic ring is 1. The summed E-state index contributed by atoms with van der Waals surface area (Å²) < 4.78 is 0.941. The molecule has 23 heavy (non-hydrogen) atoms. The highest BCUT2D eigenvalue weighted by Crippen LogP contribution is 2.33. The summed E-state index contributed by atoms with van der Waals surface area (Å²) >= 11 is 3.51. The number of para-hydroxylation sites is 2. The molecule has 116 valence electrons. The molecule has 0 spiro atoms. The van der Waals surface area contributed by atoms with Gasteiger partial charge in [-0.3, -0.25) is 0 Å². The molecule has 0 aliphatic carbocycles. The summed E-state index contributed by atoms with van der Waals surface area (Å²) in [6.07, 6.45) is 1.50. The van der Waals surface area contributed by atoms with Crippen LogP contribution in [-0.4, -0.2) is 17.0 Å². The van der Waals surface area contributed by atoms with Gasteiger partial charge in [0.05, 0.1) is 5.69 Å². The van der Waals surface area contributed by atoms with Crippen molar-refractivity contribution in [1.82, 2.24) is 9.97 Å². The summed E-state index contributed by atoms with van der Waals surface area (Å²) in [5.74, 6) is 1.23. The van der Waals surface area contributed by atoms with Crippen molar-refractivity contribution < 1.29 is 0 Å². The molecule has 1 heterocycles. The average molecular weight is 370 g/mol. The van der Waals surface area contributed by atoms with Gasteiger partial charge in [-0.15, -0.1) is 0 Å². The minimum atomic E-state index is 0.495. The van der Waals surface area contributed by atoms with Gasteiger partial charge in [-0.1, -0.05) is 30.3 Å². The first-order valence-corrected chi connectivity index (χ1v) is 7.87. The Balaban J connectivity index is 1.94. The highest BCUT2D eigenvalue weighted by Gasteiger charge is 2.14. The Hall–Kier alpha value is -2.60. The van der Waals surface area contributed by atoms with E-state index in [0.29, 0.717) is 17.3 Å². The van der Waals surface area contributed by atoms with Crippen LogP contribution in [0.2, 0.25) is 0 Å². The van der Waals surface area contributed by atoms with Gasteiger partial charge in [0.1, 0.15) is 12.0 Å². The molecule has 3 aromatic rings. The number of nitrogens with zero attached hydrogens (tertiary/aromatic N) is 3. The maximum absolute atomic E-state index is 6.28. The van der Waals surface area contributed by atoms with Crippen LogP contribution >= 0.6 is 15.9 Å². The van der Waals surface area contributed by atoms with Gasteiger partial charge in [-0.05, 0) is 40.2 Å². The molecule has 6 heteroatoms. The highest BCUT2D eigenvalue weighted by molar-refractivity contribution is 9.10. The van der Waals surface area contributed by atoms with Gasteiger partial charge in [0.25, 0.3) is 0 Å². The molecule has 0 unspecified atom stereocenters.